The normalized spacial score (nSPS) is 24.2. The molecule has 3 aliphatic carbocycles. The molecule has 3 aliphatic rings. The average Bonchev–Trinajstić information content (AvgIpc) is 3.39. The molecule has 2 aromatic heterocycles. The van der Waals surface area contributed by atoms with Crippen molar-refractivity contribution in [2.45, 2.75) is 103 Å². The Kier molecular flexibility index (Phi) is 10.1. The first-order valence-electron chi connectivity index (χ1n) is 16.6. The van der Waals surface area contributed by atoms with Gasteiger partial charge < -0.3 is 23.5 Å². The Morgan fingerprint density at radius 2 is 1.72 bits per heavy atom. The van der Waals surface area contributed by atoms with E-state index in [9.17, 15) is 5.11 Å². The maximum atomic E-state index is 15.4. The minimum atomic E-state index is -2.83. The lowest BCUT2D eigenvalue weighted by molar-refractivity contribution is -0.140. The fourth-order valence-corrected chi connectivity index (χ4v) is 9.19. The van der Waals surface area contributed by atoms with Crippen molar-refractivity contribution in [2.24, 2.45) is 11.8 Å². The first-order chi connectivity index (χ1) is 22.0. The third-order valence-electron chi connectivity index (χ3n) is 10.3. The van der Waals surface area contributed by atoms with E-state index in [1.165, 1.54) is 0 Å². The molecule has 2 heterocycles. The number of carbonyl (C=O) groups excluding carboxylic acids is 2. The summed E-state index contributed by atoms with van der Waals surface area (Å²) in [6.45, 7) is 15.1. The summed E-state index contributed by atoms with van der Waals surface area (Å²) in [6.07, 6.45) is 4.07. The van der Waals surface area contributed by atoms with Crippen molar-refractivity contribution in [3.8, 4) is 11.6 Å². The molecule has 5 rings (SSSR count). The molecule has 1 fully saturated rings. The maximum absolute atomic E-state index is 15.4. The Bertz CT molecular complexity index is 1600. The molecule has 1 N–H and O–H groups in total. The molecule has 13 heteroatoms. The second kappa shape index (κ2) is 13.2. The van der Waals surface area contributed by atoms with E-state index in [1.807, 2.05) is 45.9 Å². The van der Waals surface area contributed by atoms with E-state index in [2.05, 4.69) is 46.8 Å². The molecule has 1 saturated carbocycles. The summed E-state index contributed by atoms with van der Waals surface area (Å²) in [5, 5.41) is 16.1. The van der Waals surface area contributed by atoms with E-state index in [-0.39, 0.29) is 38.7 Å². The lowest BCUT2D eigenvalue weighted by Gasteiger charge is -2.55. The van der Waals surface area contributed by atoms with Crippen molar-refractivity contribution >= 4 is 53.2 Å². The standard InChI is InChI=1S/C34H47BrClN3O7Si/c1-10-12-14-43-27-22-19(30(35)37-31(27)36)16-18-17-20-24(39(6)7)26-23(32(38-45-26)44-15-13-11-2)29(42)34(20,28(41)21(18)25(22)40)46-47(8,9)33(3,4)5/h18,20,24,40H,10-17H2,1-9H3/t18-,20-,24-,34-/m0/s1. The lowest BCUT2D eigenvalue weighted by atomic mass is 9.57. The number of unbranched alkanes of at least 4 members (excludes halogenated alkanes) is 2. The summed E-state index contributed by atoms with van der Waals surface area (Å²) in [7, 11) is 0.965. The second-order valence-corrected chi connectivity index (χ2v) is 20.5. The van der Waals surface area contributed by atoms with Crippen LogP contribution in [0.4, 0.5) is 0 Å². The molecule has 0 saturated heterocycles. The van der Waals surface area contributed by atoms with Crippen LogP contribution in [0.1, 0.15) is 100 Å². The van der Waals surface area contributed by atoms with E-state index in [0.29, 0.717) is 47.5 Å². The van der Waals surface area contributed by atoms with Crippen molar-refractivity contribution < 1.29 is 33.1 Å². The van der Waals surface area contributed by atoms with Gasteiger partial charge in [0, 0.05) is 17.1 Å². The van der Waals surface area contributed by atoms with Crippen LogP contribution in [0.5, 0.6) is 11.6 Å². The minimum absolute atomic E-state index is 0.0671. The lowest BCUT2D eigenvalue weighted by Crippen LogP contribution is -2.68. The zero-order chi connectivity index (χ0) is 34.6. The van der Waals surface area contributed by atoms with Crippen LogP contribution >= 0.6 is 27.5 Å². The van der Waals surface area contributed by atoms with E-state index in [4.69, 9.17) is 30.0 Å². The van der Waals surface area contributed by atoms with Gasteiger partial charge in [-0.1, -0.05) is 59.1 Å². The zero-order valence-corrected chi connectivity index (χ0v) is 32.2. The van der Waals surface area contributed by atoms with Crippen molar-refractivity contribution in [1.82, 2.24) is 15.0 Å². The summed E-state index contributed by atoms with van der Waals surface area (Å²) < 4.78 is 25.6. The van der Waals surface area contributed by atoms with Crippen LogP contribution in [0.15, 0.2) is 14.7 Å². The van der Waals surface area contributed by atoms with Crippen LogP contribution in [0, 0.1) is 11.8 Å². The first-order valence-corrected chi connectivity index (χ1v) is 20.6. The van der Waals surface area contributed by atoms with Gasteiger partial charge in [0.25, 0.3) is 5.88 Å². The molecule has 47 heavy (non-hydrogen) atoms. The Labute approximate surface area is 291 Å². The van der Waals surface area contributed by atoms with Gasteiger partial charge >= 0.3 is 0 Å². The highest BCUT2D eigenvalue weighted by atomic mass is 79.9. The van der Waals surface area contributed by atoms with Crippen LogP contribution in [-0.2, 0) is 15.6 Å². The molecule has 0 amide bonds. The van der Waals surface area contributed by atoms with Gasteiger partial charge in [0.05, 0.1) is 24.8 Å². The second-order valence-electron chi connectivity index (χ2n) is 14.7. The highest BCUT2D eigenvalue weighted by molar-refractivity contribution is 9.10. The van der Waals surface area contributed by atoms with Crippen LogP contribution in [0.2, 0.25) is 23.3 Å². The Morgan fingerprint density at radius 3 is 2.32 bits per heavy atom. The summed E-state index contributed by atoms with van der Waals surface area (Å²) in [5.74, 6) is -1.74. The SMILES string of the molecule is CCCCOc1noc2c1C(=O)[C@@]1(O[Si](C)(C)C(C)(C)C)C(=O)C3=C(O)c4c(c(Br)nc(Cl)c4OCCCC)C[C@H]3C[C@H]1[C@@H]2N(C)C. The molecule has 0 aliphatic heterocycles. The highest BCUT2D eigenvalue weighted by Gasteiger charge is 2.69. The van der Waals surface area contributed by atoms with Crippen LogP contribution in [0.25, 0.3) is 5.76 Å². The van der Waals surface area contributed by atoms with Gasteiger partial charge in [0.15, 0.2) is 30.6 Å². The number of ketones is 2. The third kappa shape index (κ3) is 5.89. The molecule has 0 spiro atoms. The summed E-state index contributed by atoms with van der Waals surface area (Å²) >= 11 is 10.1. The quantitative estimate of drug-likeness (QED) is 0.104. The number of halogens is 2. The molecule has 0 radical (unpaired) electrons. The first kappa shape index (κ1) is 36.0. The summed E-state index contributed by atoms with van der Waals surface area (Å²) in [5.41, 5.74) is -0.630. The van der Waals surface area contributed by atoms with Gasteiger partial charge in [-0.3, -0.25) is 14.5 Å². The number of fused-ring (bicyclic) bond motifs is 4. The molecule has 10 nitrogen and oxygen atoms in total. The van der Waals surface area contributed by atoms with E-state index in [0.717, 1.165) is 25.7 Å². The zero-order valence-electron chi connectivity index (χ0n) is 28.9. The van der Waals surface area contributed by atoms with Crippen molar-refractivity contribution in [1.29, 1.82) is 0 Å². The Morgan fingerprint density at radius 1 is 1.09 bits per heavy atom. The fourth-order valence-electron chi connectivity index (χ4n) is 6.87. The van der Waals surface area contributed by atoms with Crippen molar-refractivity contribution in [2.75, 3.05) is 27.3 Å². The predicted octanol–water partition coefficient (Wildman–Crippen LogP) is 8.13. The molecule has 0 unspecified atom stereocenters. The average molecular weight is 753 g/mol. The number of hydrogen-bond donors (Lipinski definition) is 1. The number of hydrogen-bond acceptors (Lipinski definition) is 10. The van der Waals surface area contributed by atoms with E-state index < -0.39 is 43.4 Å². The maximum Gasteiger partial charge on any atom is 0.265 e. The van der Waals surface area contributed by atoms with Crippen molar-refractivity contribution in [3.05, 3.63) is 37.8 Å². The molecule has 2 aromatic rings. The van der Waals surface area contributed by atoms with E-state index in [1.54, 1.807) is 0 Å². The Balaban J connectivity index is 1.77. The molecular weight excluding hydrogens is 706 g/mol. The third-order valence-corrected chi connectivity index (χ3v) is 15.7. The van der Waals surface area contributed by atoms with Gasteiger partial charge in [-0.2, -0.15) is 0 Å². The summed E-state index contributed by atoms with van der Waals surface area (Å²) in [4.78, 5) is 37.0. The topological polar surface area (TPSA) is 124 Å². The van der Waals surface area contributed by atoms with Gasteiger partial charge in [-0.05, 0) is 84.9 Å². The number of nitrogens with zero attached hydrogens (tertiary/aromatic N) is 3. The van der Waals surface area contributed by atoms with Crippen LogP contribution < -0.4 is 9.47 Å². The number of pyridine rings is 1. The van der Waals surface area contributed by atoms with Gasteiger partial charge in [0.1, 0.15) is 15.9 Å². The van der Waals surface area contributed by atoms with Crippen molar-refractivity contribution in [3.63, 3.8) is 0 Å². The fraction of sp³-hybridized carbons (Fsp3) is 0.647. The number of carbonyl (C=O) groups is 2. The minimum Gasteiger partial charge on any atom is -0.507 e. The number of aliphatic hydroxyl groups is 1. The number of ether oxygens (including phenoxy) is 2. The largest absolute Gasteiger partial charge is 0.507 e. The smallest absolute Gasteiger partial charge is 0.265 e. The van der Waals surface area contributed by atoms with Gasteiger partial charge in [-0.15, -0.1) is 0 Å². The predicted molar refractivity (Wildman–Crippen MR) is 186 cm³/mol. The Hall–Kier alpha value is -2.25. The summed E-state index contributed by atoms with van der Waals surface area (Å²) in [6, 6.07) is -0.530. The number of aliphatic hydroxyl groups excluding tert-OH is 1. The van der Waals surface area contributed by atoms with Gasteiger partial charge in [0.2, 0.25) is 11.6 Å². The highest BCUT2D eigenvalue weighted by Crippen LogP contribution is 2.59. The number of Topliss-reactive ketones (excluding diaryl/α,β-unsaturated/α-hetero) is 2. The molecular formula is C34H47BrClN3O7Si. The molecule has 0 aromatic carbocycles. The molecule has 258 valence electrons. The number of rotatable bonds is 11. The monoisotopic (exact) mass is 751 g/mol. The molecule has 0 bridgehead atoms. The van der Waals surface area contributed by atoms with Crippen LogP contribution in [0.3, 0.4) is 0 Å². The van der Waals surface area contributed by atoms with Crippen LogP contribution in [-0.4, -0.2) is 72.9 Å². The van der Waals surface area contributed by atoms with Gasteiger partial charge in [-0.25, -0.2) is 4.98 Å². The number of aromatic nitrogens is 2. The van der Waals surface area contributed by atoms with E-state index >= 15 is 9.59 Å². The molecule has 4 atom stereocenters.